The average molecular weight is 296 g/mol. The van der Waals surface area contributed by atoms with Crippen LogP contribution in [-0.4, -0.2) is 21.7 Å². The van der Waals surface area contributed by atoms with E-state index in [1.807, 2.05) is 6.07 Å². The monoisotopic (exact) mass is 296 g/mol. The molecule has 0 fully saturated rings. The minimum atomic E-state index is -0.794. The first-order valence-corrected chi connectivity index (χ1v) is 5.97. The standard InChI is InChI=1S/C14H8N4O4/c15-8-9-2-1-3-10(6-9)13(19)17-14(20)11-4-5-16-12(7-11)18(21)22/h1-7H,(H,17,19,20). The van der Waals surface area contributed by atoms with Crippen LogP contribution in [0.5, 0.6) is 0 Å². The van der Waals surface area contributed by atoms with Crippen LogP contribution in [0.3, 0.4) is 0 Å². The van der Waals surface area contributed by atoms with E-state index >= 15 is 0 Å². The molecule has 1 heterocycles. The normalized spacial score (nSPS) is 9.59. The number of carbonyl (C=O) groups is 2. The van der Waals surface area contributed by atoms with Crippen molar-refractivity contribution in [1.82, 2.24) is 10.3 Å². The molecule has 0 saturated carbocycles. The molecule has 1 N–H and O–H groups in total. The molecule has 0 aliphatic carbocycles. The second-order valence-electron chi connectivity index (χ2n) is 4.14. The fraction of sp³-hybridized carbons (Fsp3) is 0. The molecule has 22 heavy (non-hydrogen) atoms. The molecule has 2 rings (SSSR count). The predicted molar refractivity (Wildman–Crippen MR) is 73.8 cm³/mol. The van der Waals surface area contributed by atoms with Crippen molar-refractivity contribution in [3.63, 3.8) is 0 Å². The van der Waals surface area contributed by atoms with Crippen molar-refractivity contribution < 1.29 is 14.5 Å². The molecule has 0 aliphatic rings. The van der Waals surface area contributed by atoms with Gasteiger partial charge in [0.15, 0.2) is 0 Å². The highest BCUT2D eigenvalue weighted by Crippen LogP contribution is 2.10. The smallest absolute Gasteiger partial charge is 0.358 e. The second-order valence-corrected chi connectivity index (χ2v) is 4.14. The Morgan fingerprint density at radius 3 is 2.50 bits per heavy atom. The summed E-state index contributed by atoms with van der Waals surface area (Å²) in [6.07, 6.45) is 1.10. The van der Waals surface area contributed by atoms with Gasteiger partial charge in [0.1, 0.15) is 6.20 Å². The van der Waals surface area contributed by atoms with Gasteiger partial charge < -0.3 is 10.1 Å². The van der Waals surface area contributed by atoms with Crippen molar-refractivity contribution in [3.8, 4) is 6.07 Å². The lowest BCUT2D eigenvalue weighted by atomic mass is 10.1. The van der Waals surface area contributed by atoms with Crippen molar-refractivity contribution in [2.45, 2.75) is 0 Å². The van der Waals surface area contributed by atoms with E-state index in [1.54, 1.807) is 0 Å². The lowest BCUT2D eigenvalue weighted by Crippen LogP contribution is -2.30. The quantitative estimate of drug-likeness (QED) is 0.518. The summed E-state index contributed by atoms with van der Waals surface area (Å²) >= 11 is 0. The van der Waals surface area contributed by atoms with E-state index in [1.165, 1.54) is 30.3 Å². The van der Waals surface area contributed by atoms with E-state index in [0.717, 1.165) is 12.3 Å². The van der Waals surface area contributed by atoms with Gasteiger partial charge in [-0.1, -0.05) is 6.07 Å². The van der Waals surface area contributed by atoms with E-state index < -0.39 is 22.6 Å². The van der Waals surface area contributed by atoms with Crippen molar-refractivity contribution in [1.29, 1.82) is 5.26 Å². The number of rotatable bonds is 3. The summed E-state index contributed by atoms with van der Waals surface area (Å²) in [5, 5.41) is 21.5. The molecule has 8 heteroatoms. The molecule has 0 aliphatic heterocycles. The van der Waals surface area contributed by atoms with Crippen LogP contribution in [-0.2, 0) is 0 Å². The summed E-state index contributed by atoms with van der Waals surface area (Å²) in [7, 11) is 0. The summed E-state index contributed by atoms with van der Waals surface area (Å²) in [4.78, 5) is 37.2. The molecule has 8 nitrogen and oxygen atoms in total. The molecule has 0 spiro atoms. The van der Waals surface area contributed by atoms with Crippen LogP contribution in [0.25, 0.3) is 0 Å². The zero-order valence-corrected chi connectivity index (χ0v) is 11.0. The number of aromatic nitrogens is 1. The van der Waals surface area contributed by atoms with E-state index in [0.29, 0.717) is 0 Å². The Kier molecular flexibility index (Phi) is 4.19. The van der Waals surface area contributed by atoms with Crippen molar-refractivity contribution in [2.75, 3.05) is 0 Å². The Morgan fingerprint density at radius 2 is 1.86 bits per heavy atom. The first kappa shape index (κ1) is 14.8. The number of hydrogen-bond donors (Lipinski definition) is 1. The van der Waals surface area contributed by atoms with Crippen molar-refractivity contribution in [2.24, 2.45) is 0 Å². The van der Waals surface area contributed by atoms with Gasteiger partial charge in [0, 0.05) is 11.6 Å². The molecule has 0 radical (unpaired) electrons. The highest BCUT2D eigenvalue weighted by molar-refractivity contribution is 6.10. The highest BCUT2D eigenvalue weighted by Gasteiger charge is 2.16. The highest BCUT2D eigenvalue weighted by atomic mass is 16.6. The van der Waals surface area contributed by atoms with Crippen LogP contribution in [0.15, 0.2) is 42.6 Å². The van der Waals surface area contributed by atoms with E-state index in [2.05, 4.69) is 10.3 Å². The van der Waals surface area contributed by atoms with Crippen LogP contribution in [0, 0.1) is 21.4 Å². The number of amides is 2. The Labute approximate surface area is 124 Å². The van der Waals surface area contributed by atoms with E-state index in [-0.39, 0.29) is 16.7 Å². The van der Waals surface area contributed by atoms with Crippen molar-refractivity contribution in [3.05, 3.63) is 69.4 Å². The van der Waals surface area contributed by atoms with Gasteiger partial charge in [0.25, 0.3) is 11.8 Å². The molecule has 0 bridgehead atoms. The lowest BCUT2D eigenvalue weighted by molar-refractivity contribution is -0.389. The second kappa shape index (κ2) is 6.23. The van der Waals surface area contributed by atoms with Gasteiger partial charge in [-0.05, 0) is 34.2 Å². The Balaban J connectivity index is 2.18. The number of nitro groups is 1. The molecular weight excluding hydrogens is 288 g/mol. The van der Waals surface area contributed by atoms with Gasteiger partial charge in [-0.15, -0.1) is 0 Å². The number of nitriles is 1. The van der Waals surface area contributed by atoms with E-state index in [4.69, 9.17) is 5.26 Å². The van der Waals surface area contributed by atoms with Crippen LogP contribution >= 0.6 is 0 Å². The topological polar surface area (TPSA) is 126 Å². The minimum absolute atomic E-state index is 0.0634. The van der Waals surface area contributed by atoms with Crippen LogP contribution in [0.1, 0.15) is 26.3 Å². The van der Waals surface area contributed by atoms with Gasteiger partial charge in [-0.2, -0.15) is 5.26 Å². The maximum absolute atomic E-state index is 11.9. The van der Waals surface area contributed by atoms with Gasteiger partial charge >= 0.3 is 5.82 Å². The number of benzene rings is 1. The molecule has 0 unspecified atom stereocenters. The zero-order valence-electron chi connectivity index (χ0n) is 11.0. The van der Waals surface area contributed by atoms with Crippen LogP contribution in [0.2, 0.25) is 0 Å². The fourth-order valence-electron chi connectivity index (χ4n) is 1.64. The maximum Gasteiger partial charge on any atom is 0.364 e. The van der Waals surface area contributed by atoms with Crippen molar-refractivity contribution >= 4 is 17.6 Å². The summed E-state index contributed by atoms with van der Waals surface area (Å²) in [6.45, 7) is 0. The number of nitrogens with one attached hydrogen (secondary N) is 1. The maximum atomic E-state index is 11.9. The summed E-state index contributed by atoms with van der Waals surface area (Å²) in [5.41, 5.74) is 0.349. The van der Waals surface area contributed by atoms with Crippen LogP contribution < -0.4 is 5.32 Å². The summed E-state index contributed by atoms with van der Waals surface area (Å²) in [5.74, 6) is -1.99. The first-order valence-electron chi connectivity index (χ1n) is 5.97. The van der Waals surface area contributed by atoms with Gasteiger partial charge in [0.2, 0.25) is 0 Å². The SMILES string of the molecule is N#Cc1cccc(C(=O)NC(=O)c2ccnc([N+](=O)[O-])c2)c1. The Hall–Kier alpha value is -3.60. The molecular formula is C14H8N4O4. The third-order valence-electron chi connectivity index (χ3n) is 2.68. The zero-order chi connectivity index (χ0) is 16.1. The first-order chi connectivity index (χ1) is 10.5. The number of hydrogen-bond acceptors (Lipinski definition) is 6. The van der Waals surface area contributed by atoms with E-state index in [9.17, 15) is 19.7 Å². The Bertz CT molecular complexity index is 810. The number of carbonyl (C=O) groups excluding carboxylic acids is 2. The largest absolute Gasteiger partial charge is 0.364 e. The average Bonchev–Trinajstić information content (AvgIpc) is 2.54. The third-order valence-corrected chi connectivity index (χ3v) is 2.68. The summed E-state index contributed by atoms with van der Waals surface area (Å²) < 4.78 is 0. The molecule has 2 amide bonds. The lowest BCUT2D eigenvalue weighted by Gasteiger charge is -2.04. The minimum Gasteiger partial charge on any atom is -0.358 e. The third kappa shape index (κ3) is 3.29. The molecule has 0 saturated heterocycles. The fourth-order valence-corrected chi connectivity index (χ4v) is 1.64. The molecule has 1 aromatic heterocycles. The Morgan fingerprint density at radius 1 is 1.18 bits per heavy atom. The molecule has 1 aromatic carbocycles. The number of imide groups is 1. The van der Waals surface area contributed by atoms with Gasteiger partial charge in [0.05, 0.1) is 17.2 Å². The summed E-state index contributed by atoms with van der Waals surface area (Å²) in [6, 6.07) is 9.90. The molecule has 2 aromatic rings. The number of nitrogens with zero attached hydrogens (tertiary/aromatic N) is 3. The van der Waals surface area contributed by atoms with Crippen LogP contribution in [0.4, 0.5) is 5.82 Å². The number of pyridine rings is 1. The molecule has 108 valence electrons. The van der Waals surface area contributed by atoms with Gasteiger partial charge in [-0.25, -0.2) is 0 Å². The molecule has 0 atom stereocenters. The predicted octanol–water partition coefficient (Wildman–Crippen LogP) is 1.43. The van der Waals surface area contributed by atoms with Gasteiger partial charge in [-0.3, -0.25) is 14.9 Å².